The zero-order chi connectivity index (χ0) is 18.3. The van der Waals surface area contributed by atoms with E-state index in [1.54, 1.807) is 0 Å². The Morgan fingerprint density at radius 1 is 1.31 bits per heavy atom. The van der Waals surface area contributed by atoms with Crippen molar-refractivity contribution in [2.24, 2.45) is 0 Å². The lowest BCUT2D eigenvalue weighted by Gasteiger charge is -2.37. The van der Waals surface area contributed by atoms with Crippen molar-refractivity contribution >= 4 is 23.0 Å². The van der Waals surface area contributed by atoms with Crippen LogP contribution in [0.4, 0.5) is 4.79 Å². The van der Waals surface area contributed by atoms with Crippen LogP contribution in [0.5, 0.6) is 0 Å². The Morgan fingerprint density at radius 2 is 2.08 bits per heavy atom. The monoisotopic (exact) mass is 356 g/mol. The number of hydrogen-bond acceptors (Lipinski definition) is 4. The third-order valence-corrected chi connectivity index (χ3v) is 5.69. The van der Waals surface area contributed by atoms with E-state index in [9.17, 15) is 9.59 Å². The molecule has 2 fully saturated rings. The molecule has 138 valence electrons. The normalized spacial score (nSPS) is 19.0. The summed E-state index contributed by atoms with van der Waals surface area (Å²) in [5.41, 5.74) is 3.99. The first-order chi connectivity index (χ1) is 12.5. The second-order valence-corrected chi connectivity index (χ2v) is 7.39. The number of fused-ring (bicyclic) bond motifs is 1. The summed E-state index contributed by atoms with van der Waals surface area (Å²) in [4.78, 5) is 33.7. The lowest BCUT2D eigenvalue weighted by molar-refractivity contribution is -0.134. The SMILES string of the molecule is Cc1ccc2[nH]c(CCC(=O)N3CCC4(CC3)CNC(=O)O4)nc2c1C. The van der Waals surface area contributed by atoms with Crippen LogP contribution in [0.1, 0.15) is 36.2 Å². The van der Waals surface area contributed by atoms with Gasteiger partial charge in [-0.3, -0.25) is 4.79 Å². The maximum Gasteiger partial charge on any atom is 0.407 e. The molecule has 2 amide bonds. The molecule has 7 nitrogen and oxygen atoms in total. The van der Waals surface area contributed by atoms with E-state index in [4.69, 9.17) is 4.74 Å². The van der Waals surface area contributed by atoms with E-state index in [0.29, 0.717) is 45.3 Å². The first kappa shape index (κ1) is 16.9. The number of nitrogens with one attached hydrogen (secondary N) is 2. The van der Waals surface area contributed by atoms with Crippen molar-refractivity contribution in [1.29, 1.82) is 0 Å². The summed E-state index contributed by atoms with van der Waals surface area (Å²) in [5.74, 6) is 0.981. The van der Waals surface area contributed by atoms with Crippen molar-refractivity contribution in [3.8, 4) is 0 Å². The van der Waals surface area contributed by atoms with Crippen LogP contribution in [0.3, 0.4) is 0 Å². The minimum Gasteiger partial charge on any atom is -0.441 e. The van der Waals surface area contributed by atoms with Gasteiger partial charge >= 0.3 is 6.09 Å². The van der Waals surface area contributed by atoms with Crippen molar-refractivity contribution in [3.63, 3.8) is 0 Å². The number of ether oxygens (including phenoxy) is 1. The average molecular weight is 356 g/mol. The second kappa shape index (κ2) is 6.30. The first-order valence-electron chi connectivity index (χ1n) is 9.15. The third-order valence-electron chi connectivity index (χ3n) is 5.69. The van der Waals surface area contributed by atoms with Gasteiger partial charge in [-0.1, -0.05) is 6.07 Å². The molecule has 1 spiro atoms. The van der Waals surface area contributed by atoms with Gasteiger partial charge in [-0.15, -0.1) is 0 Å². The van der Waals surface area contributed by atoms with Gasteiger partial charge in [0, 0.05) is 38.8 Å². The Labute approximate surface area is 152 Å². The highest BCUT2D eigenvalue weighted by molar-refractivity contribution is 5.80. The Kier molecular flexibility index (Phi) is 4.09. The number of amides is 2. The van der Waals surface area contributed by atoms with Gasteiger partial charge in [0.25, 0.3) is 0 Å². The van der Waals surface area contributed by atoms with Crippen LogP contribution in [0, 0.1) is 13.8 Å². The smallest absolute Gasteiger partial charge is 0.407 e. The summed E-state index contributed by atoms with van der Waals surface area (Å²) in [6.07, 6.45) is 2.08. The quantitative estimate of drug-likeness (QED) is 0.883. The summed E-state index contributed by atoms with van der Waals surface area (Å²) in [6, 6.07) is 4.12. The molecule has 2 aliphatic rings. The van der Waals surface area contributed by atoms with Crippen LogP contribution in [0.2, 0.25) is 0 Å². The molecular formula is C19H24N4O3. The summed E-state index contributed by atoms with van der Waals surface area (Å²) in [7, 11) is 0. The van der Waals surface area contributed by atoms with Gasteiger partial charge in [-0.25, -0.2) is 9.78 Å². The van der Waals surface area contributed by atoms with Gasteiger partial charge < -0.3 is 19.9 Å². The van der Waals surface area contributed by atoms with Crippen LogP contribution in [0.15, 0.2) is 12.1 Å². The molecule has 26 heavy (non-hydrogen) atoms. The second-order valence-electron chi connectivity index (χ2n) is 7.39. The van der Waals surface area contributed by atoms with Crippen LogP contribution in [0.25, 0.3) is 11.0 Å². The Hall–Kier alpha value is -2.57. The molecule has 2 saturated heterocycles. The average Bonchev–Trinajstić information content (AvgIpc) is 3.21. The third kappa shape index (κ3) is 3.02. The Morgan fingerprint density at radius 3 is 2.77 bits per heavy atom. The number of likely N-dealkylation sites (tertiary alicyclic amines) is 1. The number of alkyl carbamates (subject to hydrolysis) is 1. The molecule has 0 bridgehead atoms. The highest BCUT2D eigenvalue weighted by Gasteiger charge is 2.43. The minimum atomic E-state index is -0.415. The van der Waals surface area contributed by atoms with Crippen molar-refractivity contribution in [2.75, 3.05) is 19.6 Å². The van der Waals surface area contributed by atoms with E-state index in [0.717, 1.165) is 16.9 Å². The standard InChI is InChI=1S/C19H24N4O3/c1-12-3-4-14-17(13(12)2)22-15(21-14)5-6-16(24)23-9-7-19(8-10-23)11-20-18(25)26-19/h3-4H,5-11H2,1-2H3,(H,20,25)(H,21,22). The van der Waals surface area contributed by atoms with Crippen LogP contribution in [-0.2, 0) is 16.0 Å². The topological polar surface area (TPSA) is 87.3 Å². The molecular weight excluding hydrogens is 332 g/mol. The highest BCUT2D eigenvalue weighted by atomic mass is 16.6. The maximum atomic E-state index is 12.5. The number of aromatic amines is 1. The molecule has 3 heterocycles. The molecule has 0 saturated carbocycles. The summed E-state index contributed by atoms with van der Waals surface area (Å²) < 4.78 is 5.40. The van der Waals surface area contributed by atoms with Crippen molar-refractivity contribution < 1.29 is 14.3 Å². The number of carbonyl (C=O) groups excluding carboxylic acids is 2. The lowest BCUT2D eigenvalue weighted by Crippen LogP contribution is -2.48. The van der Waals surface area contributed by atoms with Crippen LogP contribution in [-0.4, -0.2) is 52.1 Å². The fraction of sp³-hybridized carbons (Fsp3) is 0.526. The molecule has 0 atom stereocenters. The number of hydrogen-bond donors (Lipinski definition) is 2. The molecule has 0 unspecified atom stereocenters. The number of piperidine rings is 1. The number of H-pyrrole nitrogens is 1. The van der Waals surface area contributed by atoms with Gasteiger partial charge in [0.2, 0.25) is 5.91 Å². The molecule has 0 radical (unpaired) electrons. The molecule has 2 aliphatic heterocycles. The predicted molar refractivity (Wildman–Crippen MR) is 96.9 cm³/mol. The number of imidazole rings is 1. The predicted octanol–water partition coefficient (Wildman–Crippen LogP) is 2.21. The fourth-order valence-corrected chi connectivity index (χ4v) is 3.81. The number of carbonyl (C=O) groups is 2. The van der Waals surface area contributed by atoms with Crippen molar-refractivity contribution in [1.82, 2.24) is 20.2 Å². The minimum absolute atomic E-state index is 0.130. The van der Waals surface area contributed by atoms with Gasteiger partial charge in [-0.05, 0) is 31.0 Å². The molecule has 1 aromatic heterocycles. The van der Waals surface area contributed by atoms with Gasteiger partial charge in [-0.2, -0.15) is 0 Å². The highest BCUT2D eigenvalue weighted by Crippen LogP contribution is 2.29. The van der Waals surface area contributed by atoms with Crippen LogP contribution >= 0.6 is 0 Å². The molecule has 7 heteroatoms. The summed E-state index contributed by atoms with van der Waals surface area (Å²) >= 11 is 0. The number of rotatable bonds is 3. The molecule has 1 aromatic carbocycles. The molecule has 4 rings (SSSR count). The maximum absolute atomic E-state index is 12.5. The molecule has 0 aliphatic carbocycles. The number of aromatic nitrogens is 2. The van der Waals surface area contributed by atoms with E-state index in [2.05, 4.69) is 35.2 Å². The first-order valence-corrected chi connectivity index (χ1v) is 9.15. The van der Waals surface area contributed by atoms with E-state index in [1.807, 2.05) is 11.0 Å². The number of aryl methyl sites for hydroxylation is 3. The van der Waals surface area contributed by atoms with Crippen molar-refractivity contribution in [2.45, 2.75) is 45.1 Å². The van der Waals surface area contributed by atoms with E-state index in [-0.39, 0.29) is 12.0 Å². The molecule has 2 aromatic rings. The zero-order valence-electron chi connectivity index (χ0n) is 15.2. The lowest BCUT2D eigenvalue weighted by atomic mass is 9.91. The largest absolute Gasteiger partial charge is 0.441 e. The van der Waals surface area contributed by atoms with Gasteiger partial charge in [0.1, 0.15) is 11.4 Å². The van der Waals surface area contributed by atoms with E-state index in [1.165, 1.54) is 11.1 Å². The number of nitrogens with zero attached hydrogens (tertiary/aromatic N) is 2. The summed E-state index contributed by atoms with van der Waals surface area (Å²) in [5, 5.41) is 2.71. The van der Waals surface area contributed by atoms with E-state index >= 15 is 0 Å². The number of benzene rings is 1. The Balaban J connectivity index is 1.34. The van der Waals surface area contributed by atoms with Gasteiger partial charge in [0.15, 0.2) is 0 Å². The Bertz CT molecular complexity index is 865. The van der Waals surface area contributed by atoms with Gasteiger partial charge in [0.05, 0.1) is 17.6 Å². The van der Waals surface area contributed by atoms with Crippen molar-refractivity contribution in [3.05, 3.63) is 29.1 Å². The van der Waals surface area contributed by atoms with E-state index < -0.39 is 5.60 Å². The molecule has 2 N–H and O–H groups in total. The summed E-state index contributed by atoms with van der Waals surface area (Å²) in [6.45, 7) is 5.96. The van der Waals surface area contributed by atoms with Crippen LogP contribution < -0.4 is 5.32 Å². The fourth-order valence-electron chi connectivity index (χ4n) is 3.81. The zero-order valence-corrected chi connectivity index (χ0v) is 15.2.